The molecule has 3 aromatic rings. The number of nitrogens with zero attached hydrogens (tertiary/aromatic N) is 5. The smallest absolute Gasteiger partial charge is 0.392 e. The highest BCUT2D eigenvalue weighted by Crippen LogP contribution is 2.41. The Morgan fingerprint density at radius 3 is 2.71 bits per heavy atom. The number of halogens is 3. The number of nitrogens with one attached hydrogen (secondary N) is 1. The lowest BCUT2D eigenvalue weighted by Crippen LogP contribution is -2.48. The third kappa shape index (κ3) is 4.28. The zero-order valence-electron chi connectivity index (χ0n) is 17.0. The second-order valence-corrected chi connectivity index (χ2v) is 9.05. The number of ether oxygens (including phenoxy) is 1. The number of pyridine rings is 1. The van der Waals surface area contributed by atoms with Crippen LogP contribution in [0.15, 0.2) is 24.4 Å². The van der Waals surface area contributed by atoms with Crippen molar-refractivity contribution < 1.29 is 17.9 Å². The van der Waals surface area contributed by atoms with E-state index < -0.39 is 19.2 Å². The maximum absolute atomic E-state index is 12.4. The molecule has 2 fully saturated rings. The van der Waals surface area contributed by atoms with Crippen LogP contribution in [-0.4, -0.2) is 50.9 Å². The minimum absolute atomic E-state index is 0.275. The fraction of sp³-hybridized carbons (Fsp3) is 0.550. The number of piperidine rings is 1. The van der Waals surface area contributed by atoms with Crippen molar-refractivity contribution in [2.75, 3.05) is 29.9 Å². The van der Waals surface area contributed by atoms with E-state index in [1.54, 1.807) is 34.4 Å². The summed E-state index contributed by atoms with van der Waals surface area (Å²) in [4.78, 5) is 6.94. The van der Waals surface area contributed by atoms with Crippen LogP contribution in [0.1, 0.15) is 25.0 Å². The van der Waals surface area contributed by atoms with Crippen molar-refractivity contribution in [2.45, 2.75) is 38.4 Å². The second-order valence-electron chi connectivity index (χ2n) is 8.27. The first-order chi connectivity index (χ1) is 14.9. The van der Waals surface area contributed by atoms with Gasteiger partial charge in [-0.3, -0.25) is 0 Å². The Bertz CT molecular complexity index is 1050. The quantitative estimate of drug-likeness (QED) is 0.606. The number of alkyl halides is 3. The predicted molar refractivity (Wildman–Crippen MR) is 112 cm³/mol. The molecule has 0 amide bonds. The van der Waals surface area contributed by atoms with E-state index in [0.29, 0.717) is 29.2 Å². The largest absolute Gasteiger partial charge is 0.489 e. The summed E-state index contributed by atoms with van der Waals surface area (Å²) < 4.78 is 48.6. The van der Waals surface area contributed by atoms with Crippen LogP contribution >= 0.6 is 11.5 Å². The van der Waals surface area contributed by atoms with Gasteiger partial charge in [0.05, 0.1) is 18.7 Å². The number of aromatic nitrogens is 4. The standard InChI is InChI=1S/C20H23F3N6OS/c1-12-9-16(31-27-12)28-10-13-4-5-14(11-28)17(13)24-19-25-18-15(3-2-7-29(18)26-19)30-8-6-20(21,22)23/h2-3,7,9,13-14,17H,4-6,8,10-11H2,1H3,(H,24,26)/t13-,14+,17-. The van der Waals surface area contributed by atoms with Gasteiger partial charge in [0, 0.05) is 25.3 Å². The number of hydrogen-bond donors (Lipinski definition) is 1. The van der Waals surface area contributed by atoms with Gasteiger partial charge in [0.2, 0.25) is 5.95 Å². The highest BCUT2D eigenvalue weighted by atomic mass is 32.1. The Morgan fingerprint density at radius 2 is 2.03 bits per heavy atom. The third-order valence-corrected chi connectivity index (χ3v) is 6.97. The Morgan fingerprint density at radius 1 is 1.26 bits per heavy atom. The zero-order valence-corrected chi connectivity index (χ0v) is 17.8. The van der Waals surface area contributed by atoms with E-state index in [2.05, 4.69) is 30.7 Å². The first kappa shape index (κ1) is 20.3. The van der Waals surface area contributed by atoms with Crippen molar-refractivity contribution in [3.63, 3.8) is 0 Å². The lowest BCUT2D eigenvalue weighted by atomic mass is 9.92. The molecule has 0 unspecified atom stereocenters. The number of aryl methyl sites for hydroxylation is 1. The van der Waals surface area contributed by atoms with Gasteiger partial charge in [-0.25, -0.2) is 4.52 Å². The molecule has 7 nitrogen and oxygen atoms in total. The minimum atomic E-state index is -4.25. The molecule has 2 bridgehead atoms. The number of rotatable bonds is 6. The molecule has 1 aliphatic carbocycles. The van der Waals surface area contributed by atoms with Gasteiger partial charge >= 0.3 is 6.18 Å². The summed E-state index contributed by atoms with van der Waals surface area (Å²) in [5, 5.41) is 9.19. The second kappa shape index (κ2) is 7.85. The maximum atomic E-state index is 12.4. The van der Waals surface area contributed by atoms with Gasteiger partial charge in [-0.2, -0.15) is 22.5 Å². The van der Waals surface area contributed by atoms with E-state index in [-0.39, 0.29) is 6.04 Å². The average Bonchev–Trinajstić information content (AvgIpc) is 3.37. The summed E-state index contributed by atoms with van der Waals surface area (Å²) >= 11 is 1.55. The lowest BCUT2D eigenvalue weighted by Gasteiger charge is -2.38. The molecule has 11 heteroatoms. The molecule has 0 spiro atoms. The molecule has 0 radical (unpaired) electrons. The monoisotopic (exact) mass is 452 g/mol. The number of fused-ring (bicyclic) bond motifs is 3. The molecule has 0 aromatic carbocycles. The molecule has 1 aliphatic heterocycles. The Hall–Kier alpha value is -2.56. The molecule has 5 rings (SSSR count). The normalized spacial score (nSPS) is 23.5. The molecule has 1 saturated carbocycles. The predicted octanol–water partition coefficient (Wildman–Crippen LogP) is 4.15. The molecule has 166 valence electrons. The molecule has 1 saturated heterocycles. The highest BCUT2D eigenvalue weighted by molar-refractivity contribution is 7.10. The van der Waals surface area contributed by atoms with Gasteiger partial charge in [0.1, 0.15) is 5.00 Å². The summed E-state index contributed by atoms with van der Waals surface area (Å²) in [5.41, 5.74) is 1.46. The Balaban J connectivity index is 1.28. The Kier molecular flexibility index (Phi) is 5.15. The van der Waals surface area contributed by atoms with Gasteiger partial charge in [-0.15, -0.1) is 5.10 Å². The van der Waals surface area contributed by atoms with E-state index in [9.17, 15) is 13.2 Å². The molecular formula is C20H23F3N6OS. The molecule has 1 N–H and O–H groups in total. The van der Waals surface area contributed by atoms with E-state index in [0.717, 1.165) is 31.6 Å². The van der Waals surface area contributed by atoms with Crippen molar-refractivity contribution in [3.8, 4) is 5.75 Å². The van der Waals surface area contributed by atoms with Crippen LogP contribution in [0.2, 0.25) is 0 Å². The molecule has 3 aromatic heterocycles. The van der Waals surface area contributed by atoms with Crippen molar-refractivity contribution in [1.29, 1.82) is 0 Å². The van der Waals surface area contributed by atoms with Crippen LogP contribution in [-0.2, 0) is 0 Å². The van der Waals surface area contributed by atoms with Gasteiger partial charge in [-0.1, -0.05) is 0 Å². The van der Waals surface area contributed by atoms with Crippen LogP contribution in [0.25, 0.3) is 5.65 Å². The van der Waals surface area contributed by atoms with E-state index >= 15 is 0 Å². The maximum Gasteiger partial charge on any atom is 0.392 e. The summed E-state index contributed by atoms with van der Waals surface area (Å²) in [6.45, 7) is 3.50. The topological polar surface area (TPSA) is 67.6 Å². The van der Waals surface area contributed by atoms with Gasteiger partial charge < -0.3 is 15.0 Å². The van der Waals surface area contributed by atoms with Gasteiger partial charge in [0.25, 0.3) is 0 Å². The summed E-state index contributed by atoms with van der Waals surface area (Å²) in [6.07, 6.45) is -1.24. The first-order valence-corrected chi connectivity index (χ1v) is 11.1. The molecular weight excluding hydrogens is 429 g/mol. The zero-order chi connectivity index (χ0) is 21.6. The SMILES string of the molecule is Cc1cc(N2C[C@H]3CC[C@@H](C2)[C@@H]3Nc2nc3c(OCCC(F)(F)F)cccn3n2)sn1. The van der Waals surface area contributed by atoms with Crippen LogP contribution < -0.4 is 15.0 Å². The third-order valence-electron chi connectivity index (χ3n) is 6.03. The van der Waals surface area contributed by atoms with Gasteiger partial charge in [-0.05, 0) is 61.3 Å². The average molecular weight is 453 g/mol. The molecule has 2 aliphatic rings. The number of hydrogen-bond acceptors (Lipinski definition) is 7. The fourth-order valence-corrected chi connectivity index (χ4v) is 5.40. The molecule has 31 heavy (non-hydrogen) atoms. The summed E-state index contributed by atoms with van der Waals surface area (Å²) in [7, 11) is 0. The van der Waals surface area contributed by atoms with Crippen molar-refractivity contribution in [3.05, 3.63) is 30.1 Å². The van der Waals surface area contributed by atoms with Crippen molar-refractivity contribution in [2.24, 2.45) is 11.8 Å². The Labute approximate surface area is 181 Å². The van der Waals surface area contributed by atoms with Crippen LogP contribution in [0.3, 0.4) is 0 Å². The highest BCUT2D eigenvalue weighted by Gasteiger charge is 2.43. The van der Waals surface area contributed by atoms with Crippen LogP contribution in [0.5, 0.6) is 5.75 Å². The van der Waals surface area contributed by atoms with Gasteiger partial charge in [0.15, 0.2) is 11.4 Å². The number of anilines is 2. The van der Waals surface area contributed by atoms with Crippen molar-refractivity contribution >= 4 is 28.1 Å². The van der Waals surface area contributed by atoms with E-state index in [1.807, 2.05) is 6.92 Å². The van der Waals surface area contributed by atoms with Crippen LogP contribution in [0, 0.1) is 18.8 Å². The van der Waals surface area contributed by atoms with E-state index in [4.69, 9.17) is 4.74 Å². The lowest BCUT2D eigenvalue weighted by molar-refractivity contribution is -0.139. The fourth-order valence-electron chi connectivity index (χ4n) is 4.62. The molecule has 4 heterocycles. The van der Waals surface area contributed by atoms with Crippen LogP contribution in [0.4, 0.5) is 24.1 Å². The van der Waals surface area contributed by atoms with Crippen molar-refractivity contribution in [1.82, 2.24) is 19.0 Å². The summed E-state index contributed by atoms with van der Waals surface area (Å²) in [5.74, 6) is 1.74. The summed E-state index contributed by atoms with van der Waals surface area (Å²) in [6, 6.07) is 5.72. The first-order valence-electron chi connectivity index (χ1n) is 10.4. The van der Waals surface area contributed by atoms with E-state index in [1.165, 1.54) is 5.00 Å². The molecule has 3 atom stereocenters. The minimum Gasteiger partial charge on any atom is -0.489 e.